The first-order chi connectivity index (χ1) is 12.7. The molecule has 3 heterocycles. The second kappa shape index (κ2) is 6.33. The van der Waals surface area contributed by atoms with Gasteiger partial charge < -0.3 is 10.6 Å². The van der Waals surface area contributed by atoms with Crippen molar-refractivity contribution in [3.05, 3.63) is 42.4 Å². The summed E-state index contributed by atoms with van der Waals surface area (Å²) in [5, 5.41) is 3.48. The van der Waals surface area contributed by atoms with Crippen LogP contribution in [0.2, 0.25) is 0 Å². The Morgan fingerprint density at radius 2 is 2.15 bits per heavy atom. The van der Waals surface area contributed by atoms with Gasteiger partial charge in [0.1, 0.15) is 18.0 Å². The van der Waals surface area contributed by atoms with E-state index >= 15 is 0 Å². The molecule has 1 aliphatic heterocycles. The van der Waals surface area contributed by atoms with Gasteiger partial charge in [-0.1, -0.05) is 5.92 Å². The number of hydrogen-bond donors (Lipinski definition) is 2. The Morgan fingerprint density at radius 1 is 1.27 bits per heavy atom. The van der Waals surface area contributed by atoms with Crippen molar-refractivity contribution < 1.29 is 4.79 Å². The summed E-state index contributed by atoms with van der Waals surface area (Å²) in [4.78, 5) is 26.8. The molecule has 0 radical (unpaired) electrons. The zero-order valence-corrected chi connectivity index (χ0v) is 14.2. The molecule has 1 amide bonds. The summed E-state index contributed by atoms with van der Waals surface area (Å²) in [7, 11) is 0. The van der Waals surface area contributed by atoms with Crippen molar-refractivity contribution in [2.24, 2.45) is 0 Å². The molecule has 0 aliphatic carbocycles. The van der Waals surface area contributed by atoms with E-state index in [2.05, 4.69) is 37.0 Å². The molecule has 0 atom stereocenters. The largest absolute Gasteiger partial charge is 0.399 e. The molecule has 2 aromatic heterocycles. The molecule has 1 aliphatic rings. The standard InChI is InChI=1S/C19H16N6O/c1-2-3-18(26)24-17-9-14-15(10-21-17)22-11-23-19(14)25-7-6-12-8-13(20)4-5-16(12)25/h4-5,8-11H,6-7,20H2,1H3,(H,21,24,26). The first kappa shape index (κ1) is 15.8. The lowest BCUT2D eigenvalue weighted by atomic mass is 10.1. The van der Waals surface area contributed by atoms with Crippen LogP contribution in [0, 0.1) is 11.8 Å². The monoisotopic (exact) mass is 344 g/mol. The number of pyridine rings is 1. The normalized spacial score (nSPS) is 12.4. The molecule has 0 saturated heterocycles. The topological polar surface area (TPSA) is 97.0 Å². The summed E-state index contributed by atoms with van der Waals surface area (Å²) in [6.45, 7) is 2.41. The average Bonchev–Trinajstić information content (AvgIpc) is 3.04. The number of carbonyl (C=O) groups excluding carboxylic acids is 1. The van der Waals surface area contributed by atoms with Crippen LogP contribution in [0.1, 0.15) is 12.5 Å². The third kappa shape index (κ3) is 2.78. The minimum atomic E-state index is -0.403. The van der Waals surface area contributed by atoms with Gasteiger partial charge in [-0.15, -0.1) is 0 Å². The number of nitrogens with one attached hydrogen (secondary N) is 1. The second-order valence-electron chi connectivity index (χ2n) is 5.90. The molecular formula is C19H16N6O. The van der Waals surface area contributed by atoms with Gasteiger partial charge in [0.15, 0.2) is 0 Å². The van der Waals surface area contributed by atoms with Crippen LogP contribution in [-0.4, -0.2) is 27.4 Å². The Hall–Kier alpha value is -3.66. The molecule has 128 valence electrons. The van der Waals surface area contributed by atoms with E-state index in [4.69, 9.17) is 5.73 Å². The van der Waals surface area contributed by atoms with Crippen LogP contribution in [0.3, 0.4) is 0 Å². The molecule has 0 fully saturated rings. The summed E-state index contributed by atoms with van der Waals surface area (Å²) in [6, 6.07) is 7.66. The van der Waals surface area contributed by atoms with E-state index in [0.717, 1.165) is 35.5 Å². The van der Waals surface area contributed by atoms with Gasteiger partial charge in [-0.2, -0.15) is 0 Å². The van der Waals surface area contributed by atoms with E-state index in [1.165, 1.54) is 11.9 Å². The third-order valence-corrected chi connectivity index (χ3v) is 4.24. The number of amides is 1. The Kier molecular flexibility index (Phi) is 3.86. The molecule has 7 nitrogen and oxygen atoms in total. The minimum Gasteiger partial charge on any atom is -0.399 e. The second-order valence-corrected chi connectivity index (χ2v) is 5.90. The van der Waals surface area contributed by atoms with E-state index in [1.807, 2.05) is 18.2 Å². The highest BCUT2D eigenvalue weighted by Gasteiger charge is 2.23. The van der Waals surface area contributed by atoms with E-state index < -0.39 is 5.91 Å². The van der Waals surface area contributed by atoms with Gasteiger partial charge in [0.25, 0.3) is 0 Å². The zero-order chi connectivity index (χ0) is 18.1. The van der Waals surface area contributed by atoms with Crippen molar-refractivity contribution in [2.45, 2.75) is 13.3 Å². The fourth-order valence-electron chi connectivity index (χ4n) is 3.13. The zero-order valence-electron chi connectivity index (χ0n) is 14.2. The fourth-order valence-corrected chi connectivity index (χ4v) is 3.13. The number of fused-ring (bicyclic) bond motifs is 2. The summed E-state index contributed by atoms with van der Waals surface area (Å²) < 4.78 is 0. The van der Waals surface area contributed by atoms with Crippen LogP contribution in [0.5, 0.6) is 0 Å². The van der Waals surface area contributed by atoms with E-state index in [9.17, 15) is 4.79 Å². The van der Waals surface area contributed by atoms with Crippen molar-refractivity contribution in [2.75, 3.05) is 22.5 Å². The van der Waals surface area contributed by atoms with Gasteiger partial charge in [0.05, 0.1) is 11.7 Å². The molecule has 0 unspecified atom stereocenters. The Bertz CT molecular complexity index is 1080. The highest BCUT2D eigenvalue weighted by molar-refractivity contribution is 6.04. The maximum absolute atomic E-state index is 11.7. The molecule has 0 bridgehead atoms. The van der Waals surface area contributed by atoms with Crippen molar-refractivity contribution in [3.63, 3.8) is 0 Å². The van der Waals surface area contributed by atoms with Crippen molar-refractivity contribution in [1.82, 2.24) is 15.0 Å². The lowest BCUT2D eigenvalue weighted by Gasteiger charge is -2.20. The first-order valence-corrected chi connectivity index (χ1v) is 8.16. The Balaban J connectivity index is 1.78. The van der Waals surface area contributed by atoms with E-state index in [-0.39, 0.29) is 0 Å². The third-order valence-electron chi connectivity index (χ3n) is 4.24. The average molecular weight is 344 g/mol. The number of carbonyl (C=O) groups is 1. The quantitative estimate of drug-likeness (QED) is 0.547. The molecular weight excluding hydrogens is 328 g/mol. The summed E-state index contributed by atoms with van der Waals surface area (Å²) in [5.41, 5.74) is 9.63. The lowest BCUT2D eigenvalue weighted by molar-refractivity contribution is -0.111. The minimum absolute atomic E-state index is 0.403. The predicted octanol–water partition coefficient (Wildman–Crippen LogP) is 2.26. The molecule has 4 rings (SSSR count). The maximum Gasteiger partial charge on any atom is 0.301 e. The van der Waals surface area contributed by atoms with Crippen molar-refractivity contribution in [1.29, 1.82) is 0 Å². The first-order valence-electron chi connectivity index (χ1n) is 8.16. The van der Waals surface area contributed by atoms with Gasteiger partial charge in [-0.25, -0.2) is 15.0 Å². The summed E-state index contributed by atoms with van der Waals surface area (Å²) in [6.07, 6.45) is 4.04. The molecule has 7 heteroatoms. The van der Waals surface area contributed by atoms with E-state index in [1.54, 1.807) is 19.2 Å². The molecule has 26 heavy (non-hydrogen) atoms. The van der Waals surface area contributed by atoms with Crippen LogP contribution in [0.15, 0.2) is 36.8 Å². The number of nitrogens with zero attached hydrogens (tertiary/aromatic N) is 4. The van der Waals surface area contributed by atoms with Crippen LogP contribution in [0.4, 0.5) is 23.0 Å². The van der Waals surface area contributed by atoms with Crippen LogP contribution < -0.4 is 16.0 Å². The molecule has 3 aromatic rings. The van der Waals surface area contributed by atoms with Gasteiger partial charge in [0.2, 0.25) is 0 Å². The van der Waals surface area contributed by atoms with Crippen LogP contribution >= 0.6 is 0 Å². The molecule has 0 spiro atoms. The fraction of sp³-hybridized carbons (Fsp3) is 0.158. The highest BCUT2D eigenvalue weighted by Crippen LogP contribution is 2.37. The van der Waals surface area contributed by atoms with Gasteiger partial charge in [0, 0.05) is 23.3 Å². The summed E-state index contributed by atoms with van der Waals surface area (Å²) >= 11 is 0. The molecule has 1 aromatic carbocycles. The number of benzene rings is 1. The number of nitrogen functional groups attached to an aromatic ring is 1. The number of hydrogen-bond acceptors (Lipinski definition) is 6. The van der Waals surface area contributed by atoms with Crippen LogP contribution in [0.25, 0.3) is 10.9 Å². The maximum atomic E-state index is 11.7. The number of aromatic nitrogens is 3. The SMILES string of the molecule is CC#CC(=O)Nc1cc2c(N3CCc4cc(N)ccc43)ncnc2cn1. The number of nitrogens with two attached hydrogens (primary N) is 1. The Morgan fingerprint density at radius 3 is 3.00 bits per heavy atom. The number of rotatable bonds is 2. The van der Waals surface area contributed by atoms with Gasteiger partial charge in [-0.3, -0.25) is 10.1 Å². The highest BCUT2D eigenvalue weighted by atomic mass is 16.1. The smallest absolute Gasteiger partial charge is 0.301 e. The van der Waals surface area contributed by atoms with Crippen molar-refractivity contribution >= 4 is 39.8 Å². The predicted molar refractivity (Wildman–Crippen MR) is 101 cm³/mol. The molecule has 0 saturated carbocycles. The lowest BCUT2D eigenvalue weighted by Crippen LogP contribution is -2.16. The number of anilines is 4. The van der Waals surface area contributed by atoms with E-state index in [0.29, 0.717) is 11.3 Å². The van der Waals surface area contributed by atoms with Gasteiger partial charge >= 0.3 is 5.91 Å². The summed E-state index contributed by atoms with van der Waals surface area (Å²) in [5.74, 6) is 5.79. The van der Waals surface area contributed by atoms with Crippen molar-refractivity contribution in [3.8, 4) is 11.8 Å². The Labute approximate surface area is 150 Å². The van der Waals surface area contributed by atoms with Gasteiger partial charge in [-0.05, 0) is 49.1 Å². The van der Waals surface area contributed by atoms with Crippen LogP contribution in [-0.2, 0) is 11.2 Å². The molecule has 3 N–H and O–H groups in total.